The van der Waals surface area contributed by atoms with Gasteiger partial charge in [0.25, 0.3) is 11.8 Å². The molecule has 2 N–H and O–H groups in total. The Labute approximate surface area is 203 Å². The van der Waals surface area contributed by atoms with Gasteiger partial charge in [-0.05, 0) is 30.2 Å². The van der Waals surface area contributed by atoms with Crippen molar-refractivity contribution in [1.29, 1.82) is 0 Å². The van der Waals surface area contributed by atoms with Crippen molar-refractivity contribution >= 4 is 28.6 Å². The van der Waals surface area contributed by atoms with Crippen LogP contribution in [-0.2, 0) is 20.1 Å². The second-order valence-electron chi connectivity index (χ2n) is 8.33. The maximum atomic E-state index is 14.3. The summed E-state index contributed by atoms with van der Waals surface area (Å²) in [5.74, 6) is -2.39. The van der Waals surface area contributed by atoms with Gasteiger partial charge in [-0.15, -0.1) is 0 Å². The SMILES string of the molecule is Cc1ccc(CNC(=O)c2cc(C(=O)NCc3ccc4oc(=O)n(C)c4c3)nc3c(F)cnn23)cc1. The van der Waals surface area contributed by atoms with E-state index in [1.807, 2.05) is 31.2 Å². The Morgan fingerprint density at radius 1 is 1.00 bits per heavy atom. The van der Waals surface area contributed by atoms with Gasteiger partial charge in [0.05, 0.1) is 11.7 Å². The molecule has 11 heteroatoms. The molecule has 0 bridgehead atoms. The van der Waals surface area contributed by atoms with Crippen LogP contribution in [0.2, 0.25) is 0 Å². The average Bonchev–Trinajstić information content (AvgIpc) is 3.39. The molecule has 0 unspecified atom stereocenters. The number of aromatic nitrogens is 4. The van der Waals surface area contributed by atoms with Crippen LogP contribution >= 0.6 is 0 Å². The third kappa shape index (κ3) is 4.33. The van der Waals surface area contributed by atoms with Crippen LogP contribution in [0.4, 0.5) is 4.39 Å². The van der Waals surface area contributed by atoms with Crippen LogP contribution in [0.25, 0.3) is 16.7 Å². The molecule has 5 aromatic rings. The lowest BCUT2D eigenvalue weighted by molar-refractivity contribution is 0.0942. The summed E-state index contributed by atoms with van der Waals surface area (Å²) in [6, 6.07) is 14.0. The van der Waals surface area contributed by atoms with E-state index in [1.54, 1.807) is 25.2 Å². The number of fused-ring (bicyclic) bond motifs is 2. The molecule has 0 radical (unpaired) electrons. The molecule has 36 heavy (non-hydrogen) atoms. The number of carbonyl (C=O) groups excluding carboxylic acids is 2. The minimum atomic E-state index is -0.761. The molecule has 10 nitrogen and oxygen atoms in total. The first-order valence-electron chi connectivity index (χ1n) is 11.0. The summed E-state index contributed by atoms with van der Waals surface area (Å²) in [5, 5.41) is 9.36. The summed E-state index contributed by atoms with van der Waals surface area (Å²) in [6.07, 6.45) is 0.936. The number of oxazole rings is 1. The molecule has 0 aliphatic carbocycles. The number of nitrogens with zero attached hydrogens (tertiary/aromatic N) is 4. The van der Waals surface area contributed by atoms with E-state index in [1.165, 1.54) is 10.6 Å². The number of aryl methyl sites for hydroxylation is 2. The molecule has 3 aromatic heterocycles. The second kappa shape index (κ2) is 9.10. The van der Waals surface area contributed by atoms with Crippen molar-refractivity contribution in [3.05, 3.63) is 99.2 Å². The van der Waals surface area contributed by atoms with Crippen LogP contribution in [-0.4, -0.2) is 31.0 Å². The van der Waals surface area contributed by atoms with Crippen LogP contribution in [0, 0.1) is 12.7 Å². The Bertz CT molecular complexity index is 1680. The first-order valence-corrected chi connectivity index (χ1v) is 11.0. The Morgan fingerprint density at radius 3 is 2.47 bits per heavy atom. The summed E-state index contributed by atoms with van der Waals surface area (Å²) in [6.45, 7) is 2.32. The predicted octanol–water partition coefficient (Wildman–Crippen LogP) is 2.48. The van der Waals surface area contributed by atoms with E-state index in [0.717, 1.165) is 21.8 Å². The maximum absolute atomic E-state index is 14.3. The van der Waals surface area contributed by atoms with Gasteiger partial charge in [0.15, 0.2) is 17.0 Å². The van der Waals surface area contributed by atoms with Gasteiger partial charge in [-0.3, -0.25) is 14.2 Å². The van der Waals surface area contributed by atoms with E-state index in [4.69, 9.17) is 4.42 Å². The quantitative estimate of drug-likeness (QED) is 0.379. The molecule has 3 heterocycles. The van der Waals surface area contributed by atoms with Gasteiger partial charge in [0.2, 0.25) is 0 Å². The van der Waals surface area contributed by atoms with Gasteiger partial charge in [-0.2, -0.15) is 5.10 Å². The molecule has 2 amide bonds. The highest BCUT2D eigenvalue weighted by molar-refractivity contribution is 5.98. The molecule has 0 atom stereocenters. The van der Waals surface area contributed by atoms with E-state index >= 15 is 0 Å². The summed E-state index contributed by atoms with van der Waals surface area (Å²) in [5.41, 5.74) is 3.30. The van der Waals surface area contributed by atoms with Gasteiger partial charge in [-0.1, -0.05) is 35.9 Å². The first-order chi connectivity index (χ1) is 17.3. The molecular weight excluding hydrogens is 467 g/mol. The van der Waals surface area contributed by atoms with Crippen LogP contribution in [0.1, 0.15) is 37.7 Å². The minimum absolute atomic E-state index is 0.0315. The molecule has 182 valence electrons. The fourth-order valence-corrected chi connectivity index (χ4v) is 3.75. The Hall–Kier alpha value is -4.80. The fraction of sp³-hybridized carbons (Fsp3) is 0.160. The Balaban J connectivity index is 1.37. The molecule has 5 rings (SSSR count). The third-order valence-corrected chi connectivity index (χ3v) is 5.78. The lowest BCUT2D eigenvalue weighted by atomic mass is 10.1. The van der Waals surface area contributed by atoms with Gasteiger partial charge < -0.3 is 15.1 Å². The number of hydrogen-bond donors (Lipinski definition) is 2. The first kappa shape index (κ1) is 23.0. The lowest BCUT2D eigenvalue weighted by Crippen LogP contribution is -2.28. The van der Waals surface area contributed by atoms with Crippen LogP contribution in [0.5, 0.6) is 0 Å². The van der Waals surface area contributed by atoms with Gasteiger partial charge in [0.1, 0.15) is 11.4 Å². The largest absolute Gasteiger partial charge is 0.419 e. The van der Waals surface area contributed by atoms with E-state index < -0.39 is 23.4 Å². The van der Waals surface area contributed by atoms with Gasteiger partial charge >= 0.3 is 5.76 Å². The fourth-order valence-electron chi connectivity index (χ4n) is 3.75. The molecule has 0 aliphatic rings. The zero-order valence-corrected chi connectivity index (χ0v) is 19.4. The summed E-state index contributed by atoms with van der Waals surface area (Å²) in [4.78, 5) is 41.6. The minimum Gasteiger partial charge on any atom is -0.408 e. The number of benzene rings is 2. The zero-order valence-electron chi connectivity index (χ0n) is 19.4. The number of rotatable bonds is 6. The van der Waals surface area contributed by atoms with Gasteiger partial charge in [-0.25, -0.2) is 18.7 Å². The van der Waals surface area contributed by atoms with Crippen molar-refractivity contribution in [1.82, 2.24) is 29.8 Å². The smallest absolute Gasteiger partial charge is 0.408 e. The van der Waals surface area contributed by atoms with E-state index in [2.05, 4.69) is 20.7 Å². The summed E-state index contributed by atoms with van der Waals surface area (Å²) < 4.78 is 21.8. The number of nitrogens with one attached hydrogen (secondary N) is 2. The topological polar surface area (TPSA) is 124 Å². The standard InChI is InChI=1S/C25H21FN6O4/c1-14-3-5-15(6-4-14)11-28-24(34)20-10-18(30-22-17(26)13-29-32(20)22)23(33)27-12-16-7-8-21-19(9-16)31(2)25(35)36-21/h3-10,13H,11-12H2,1-2H3,(H,27,33)(H,28,34). The zero-order chi connectivity index (χ0) is 25.4. The summed E-state index contributed by atoms with van der Waals surface area (Å²) in [7, 11) is 1.58. The Morgan fingerprint density at radius 2 is 1.69 bits per heavy atom. The highest BCUT2D eigenvalue weighted by Gasteiger charge is 2.20. The average molecular weight is 488 g/mol. The summed E-state index contributed by atoms with van der Waals surface area (Å²) >= 11 is 0. The number of hydrogen-bond acceptors (Lipinski definition) is 6. The number of carbonyl (C=O) groups is 2. The Kier molecular flexibility index (Phi) is 5.80. The van der Waals surface area contributed by atoms with E-state index in [9.17, 15) is 18.8 Å². The number of halogens is 1. The van der Waals surface area contributed by atoms with Crippen molar-refractivity contribution in [2.75, 3.05) is 0 Å². The highest BCUT2D eigenvalue weighted by atomic mass is 19.1. The monoisotopic (exact) mass is 488 g/mol. The molecule has 0 saturated heterocycles. The number of amides is 2. The highest BCUT2D eigenvalue weighted by Crippen LogP contribution is 2.15. The van der Waals surface area contributed by atoms with Crippen molar-refractivity contribution in [2.24, 2.45) is 7.05 Å². The molecule has 0 aliphatic heterocycles. The lowest BCUT2D eigenvalue weighted by Gasteiger charge is -2.10. The van der Waals surface area contributed by atoms with Crippen molar-refractivity contribution in [3.8, 4) is 0 Å². The van der Waals surface area contributed by atoms with Crippen LogP contribution in [0.3, 0.4) is 0 Å². The second-order valence-corrected chi connectivity index (χ2v) is 8.33. The molecule has 2 aromatic carbocycles. The predicted molar refractivity (Wildman–Crippen MR) is 128 cm³/mol. The van der Waals surface area contributed by atoms with Crippen molar-refractivity contribution < 1.29 is 18.4 Å². The normalized spacial score (nSPS) is 11.2. The molecule has 0 spiro atoms. The van der Waals surface area contributed by atoms with E-state index in [0.29, 0.717) is 16.7 Å². The maximum Gasteiger partial charge on any atom is 0.419 e. The third-order valence-electron chi connectivity index (χ3n) is 5.78. The van der Waals surface area contributed by atoms with Crippen LogP contribution in [0.15, 0.2) is 63.9 Å². The van der Waals surface area contributed by atoms with Crippen molar-refractivity contribution in [3.63, 3.8) is 0 Å². The molecule has 0 fully saturated rings. The molecular formula is C25H21FN6O4. The van der Waals surface area contributed by atoms with E-state index in [-0.39, 0.29) is 30.1 Å². The molecule has 0 saturated carbocycles. The van der Waals surface area contributed by atoms with Crippen molar-refractivity contribution in [2.45, 2.75) is 20.0 Å². The van der Waals surface area contributed by atoms with Gasteiger partial charge in [0, 0.05) is 26.2 Å². The van der Waals surface area contributed by atoms with Crippen LogP contribution < -0.4 is 16.4 Å².